The normalized spacial score (nSPS) is 21.7. The molecule has 1 aromatic carbocycles. The predicted molar refractivity (Wildman–Crippen MR) is 116 cm³/mol. The smallest absolute Gasteiger partial charge is 0.272 e. The summed E-state index contributed by atoms with van der Waals surface area (Å²) in [6, 6.07) is 10.8. The number of pyridine rings is 1. The lowest BCUT2D eigenvalue weighted by Crippen LogP contribution is -2.42. The third-order valence-electron chi connectivity index (χ3n) is 6.45. The Morgan fingerprint density at radius 1 is 1.07 bits per heavy atom. The minimum absolute atomic E-state index is 0.0522. The van der Waals surface area contributed by atoms with Gasteiger partial charge in [-0.15, -0.1) is 0 Å². The van der Waals surface area contributed by atoms with E-state index in [4.69, 9.17) is 4.74 Å². The summed E-state index contributed by atoms with van der Waals surface area (Å²) in [7, 11) is 0. The lowest BCUT2D eigenvalue weighted by Gasteiger charge is -2.34. The molecular formula is C24H33N3O2. The maximum absolute atomic E-state index is 12.9. The van der Waals surface area contributed by atoms with E-state index in [2.05, 4.69) is 36.7 Å². The molecule has 156 valence electrons. The van der Waals surface area contributed by atoms with Crippen LogP contribution < -0.4 is 4.74 Å². The predicted octanol–water partition coefficient (Wildman–Crippen LogP) is 4.50. The summed E-state index contributed by atoms with van der Waals surface area (Å²) in [5, 5.41) is 1.02. The summed E-state index contributed by atoms with van der Waals surface area (Å²) < 4.78 is 6.25. The van der Waals surface area contributed by atoms with Gasteiger partial charge in [-0.1, -0.05) is 6.07 Å². The Hall–Kier alpha value is -2.14. The zero-order valence-corrected chi connectivity index (χ0v) is 17.9. The topological polar surface area (TPSA) is 45.7 Å². The average molecular weight is 396 g/mol. The van der Waals surface area contributed by atoms with Crippen LogP contribution >= 0.6 is 0 Å². The van der Waals surface area contributed by atoms with Crippen molar-refractivity contribution in [3.05, 3.63) is 36.0 Å². The van der Waals surface area contributed by atoms with Gasteiger partial charge in [-0.3, -0.25) is 4.79 Å². The minimum Gasteiger partial charge on any atom is -0.490 e. The van der Waals surface area contributed by atoms with Crippen molar-refractivity contribution in [1.82, 2.24) is 14.8 Å². The Kier molecular flexibility index (Phi) is 6.04. The van der Waals surface area contributed by atoms with Crippen molar-refractivity contribution in [3.63, 3.8) is 0 Å². The zero-order valence-electron chi connectivity index (χ0n) is 17.9. The summed E-state index contributed by atoms with van der Waals surface area (Å²) in [5.41, 5.74) is 1.39. The Labute approximate surface area is 174 Å². The highest BCUT2D eigenvalue weighted by Gasteiger charge is 2.25. The SMILES string of the molecule is CC(C)N1CCC(Oc2ccc3nc(C(=O)N4CCCCC4C)ccc3c2)CC1. The van der Waals surface area contributed by atoms with Crippen molar-refractivity contribution < 1.29 is 9.53 Å². The van der Waals surface area contributed by atoms with Crippen LogP contribution in [0.15, 0.2) is 30.3 Å². The first-order chi connectivity index (χ1) is 14.0. The van der Waals surface area contributed by atoms with Crippen LogP contribution in [-0.4, -0.2) is 58.5 Å². The van der Waals surface area contributed by atoms with E-state index in [1.54, 1.807) is 0 Å². The largest absolute Gasteiger partial charge is 0.490 e. The van der Waals surface area contributed by atoms with E-state index < -0.39 is 0 Å². The number of carbonyl (C=O) groups is 1. The third-order valence-corrected chi connectivity index (χ3v) is 6.45. The highest BCUT2D eigenvalue weighted by Crippen LogP contribution is 2.25. The number of fused-ring (bicyclic) bond motifs is 1. The molecule has 3 heterocycles. The van der Waals surface area contributed by atoms with E-state index in [1.807, 2.05) is 29.2 Å². The van der Waals surface area contributed by atoms with Gasteiger partial charge in [0.05, 0.1) is 5.52 Å². The number of rotatable bonds is 4. The molecule has 1 atom stereocenters. The maximum Gasteiger partial charge on any atom is 0.272 e. The molecule has 5 nitrogen and oxygen atoms in total. The quantitative estimate of drug-likeness (QED) is 0.765. The molecule has 0 radical (unpaired) electrons. The van der Waals surface area contributed by atoms with Crippen molar-refractivity contribution in [1.29, 1.82) is 0 Å². The monoisotopic (exact) mass is 395 g/mol. The van der Waals surface area contributed by atoms with Crippen LogP contribution in [0.1, 0.15) is 63.4 Å². The molecule has 0 aliphatic carbocycles. The zero-order chi connectivity index (χ0) is 20.4. The van der Waals surface area contributed by atoms with Gasteiger partial charge in [-0.25, -0.2) is 4.98 Å². The highest BCUT2D eigenvalue weighted by molar-refractivity contribution is 5.95. The molecule has 0 spiro atoms. The molecule has 2 fully saturated rings. The number of likely N-dealkylation sites (tertiary alicyclic amines) is 2. The fourth-order valence-electron chi connectivity index (χ4n) is 4.55. The van der Waals surface area contributed by atoms with Crippen molar-refractivity contribution in [2.45, 2.75) is 71.1 Å². The molecule has 1 amide bonds. The van der Waals surface area contributed by atoms with Crippen LogP contribution in [0.5, 0.6) is 5.75 Å². The second-order valence-electron chi connectivity index (χ2n) is 8.84. The number of hydrogen-bond donors (Lipinski definition) is 0. The number of amides is 1. The van der Waals surface area contributed by atoms with E-state index >= 15 is 0 Å². The van der Waals surface area contributed by atoms with Gasteiger partial charge in [0.2, 0.25) is 0 Å². The van der Waals surface area contributed by atoms with Gasteiger partial charge in [-0.05, 0) is 77.1 Å². The van der Waals surface area contributed by atoms with Crippen LogP contribution in [0.25, 0.3) is 10.9 Å². The lowest BCUT2D eigenvalue weighted by molar-refractivity contribution is 0.0630. The van der Waals surface area contributed by atoms with Gasteiger partial charge >= 0.3 is 0 Å². The second-order valence-corrected chi connectivity index (χ2v) is 8.84. The van der Waals surface area contributed by atoms with Gasteiger partial charge in [0.1, 0.15) is 17.5 Å². The number of hydrogen-bond acceptors (Lipinski definition) is 4. The molecule has 0 saturated carbocycles. The van der Waals surface area contributed by atoms with Crippen molar-refractivity contribution in [2.75, 3.05) is 19.6 Å². The fraction of sp³-hybridized carbons (Fsp3) is 0.583. The minimum atomic E-state index is 0.0522. The molecule has 4 rings (SSSR count). The van der Waals surface area contributed by atoms with Gasteiger partial charge in [0, 0.05) is 37.1 Å². The lowest BCUT2D eigenvalue weighted by atomic mass is 10.0. The number of ether oxygens (including phenoxy) is 1. The van der Waals surface area contributed by atoms with E-state index in [0.29, 0.717) is 17.8 Å². The summed E-state index contributed by atoms with van der Waals surface area (Å²) in [6.07, 6.45) is 5.77. The maximum atomic E-state index is 12.9. The van der Waals surface area contributed by atoms with Crippen LogP contribution in [0.3, 0.4) is 0 Å². The van der Waals surface area contributed by atoms with E-state index in [9.17, 15) is 4.79 Å². The molecule has 2 aromatic rings. The summed E-state index contributed by atoms with van der Waals surface area (Å²) >= 11 is 0. The molecular weight excluding hydrogens is 362 g/mol. The van der Waals surface area contributed by atoms with E-state index in [-0.39, 0.29) is 12.0 Å². The van der Waals surface area contributed by atoms with Gasteiger partial charge in [0.15, 0.2) is 0 Å². The molecule has 2 aliphatic heterocycles. The Morgan fingerprint density at radius 3 is 2.59 bits per heavy atom. The summed E-state index contributed by atoms with van der Waals surface area (Å²) in [5.74, 6) is 0.947. The van der Waals surface area contributed by atoms with Crippen LogP contribution in [-0.2, 0) is 0 Å². The molecule has 5 heteroatoms. The second kappa shape index (κ2) is 8.70. The Morgan fingerprint density at radius 2 is 1.86 bits per heavy atom. The van der Waals surface area contributed by atoms with Gasteiger partial charge in [-0.2, -0.15) is 0 Å². The average Bonchev–Trinajstić information content (AvgIpc) is 2.73. The van der Waals surface area contributed by atoms with Crippen molar-refractivity contribution in [2.24, 2.45) is 0 Å². The highest BCUT2D eigenvalue weighted by atomic mass is 16.5. The third kappa shape index (κ3) is 4.55. The standard InChI is InChI=1S/C24H33N3O2/c1-17(2)26-14-11-20(12-15-26)29-21-8-10-22-19(16-21)7-9-23(25-22)24(28)27-13-5-4-6-18(27)3/h7-10,16-18,20H,4-6,11-15H2,1-3H3. The Bertz CT molecular complexity index is 858. The molecule has 0 bridgehead atoms. The molecule has 2 aliphatic rings. The first kappa shape index (κ1) is 20.1. The number of carbonyl (C=O) groups excluding carboxylic acids is 1. The van der Waals surface area contributed by atoms with E-state index in [0.717, 1.165) is 62.0 Å². The number of benzene rings is 1. The molecule has 1 aromatic heterocycles. The van der Waals surface area contributed by atoms with Gasteiger partial charge in [0.25, 0.3) is 5.91 Å². The summed E-state index contributed by atoms with van der Waals surface area (Å²) in [4.78, 5) is 22.0. The van der Waals surface area contributed by atoms with Crippen molar-refractivity contribution in [3.8, 4) is 5.75 Å². The molecule has 29 heavy (non-hydrogen) atoms. The van der Waals surface area contributed by atoms with E-state index in [1.165, 1.54) is 6.42 Å². The number of nitrogens with zero attached hydrogens (tertiary/aromatic N) is 3. The molecule has 0 N–H and O–H groups in total. The van der Waals surface area contributed by atoms with Gasteiger partial charge < -0.3 is 14.5 Å². The van der Waals surface area contributed by atoms with Crippen LogP contribution in [0.4, 0.5) is 0 Å². The molecule has 2 saturated heterocycles. The number of piperidine rings is 2. The first-order valence-electron chi connectivity index (χ1n) is 11.1. The molecule has 1 unspecified atom stereocenters. The number of aromatic nitrogens is 1. The first-order valence-corrected chi connectivity index (χ1v) is 11.1. The Balaban J connectivity index is 1.44. The van der Waals surface area contributed by atoms with Crippen LogP contribution in [0.2, 0.25) is 0 Å². The van der Waals surface area contributed by atoms with Crippen LogP contribution in [0, 0.1) is 0 Å². The summed E-state index contributed by atoms with van der Waals surface area (Å²) in [6.45, 7) is 9.66. The van der Waals surface area contributed by atoms with Crippen molar-refractivity contribution >= 4 is 16.8 Å². The fourth-order valence-corrected chi connectivity index (χ4v) is 4.55.